The average Bonchev–Trinajstić information content (AvgIpc) is 2.78. The Kier molecular flexibility index (Phi) is 4.59. The molecular formula is C13H21NO3. The second-order valence-corrected chi connectivity index (χ2v) is 4.48. The molecule has 0 aromatic carbocycles. The smallest absolute Gasteiger partial charge is 0.129 e. The maximum atomic E-state index is 8.94. The molecule has 17 heavy (non-hydrogen) atoms. The van der Waals surface area contributed by atoms with Crippen molar-refractivity contribution >= 4 is 0 Å². The van der Waals surface area contributed by atoms with Crippen LogP contribution in [0.1, 0.15) is 31.3 Å². The molecule has 1 unspecified atom stereocenters. The molecule has 1 N–H and O–H groups in total. The SMILES string of the molecule is CCOC1CCCN(Cc2ccc(CO)o2)C1. The van der Waals surface area contributed by atoms with Crippen LogP contribution in [0.3, 0.4) is 0 Å². The molecular weight excluding hydrogens is 218 g/mol. The van der Waals surface area contributed by atoms with Crippen molar-refractivity contribution in [2.24, 2.45) is 0 Å². The maximum absolute atomic E-state index is 8.94. The van der Waals surface area contributed by atoms with Crippen LogP contribution < -0.4 is 0 Å². The number of nitrogens with zero attached hydrogens (tertiary/aromatic N) is 1. The first-order chi connectivity index (χ1) is 8.31. The largest absolute Gasteiger partial charge is 0.462 e. The highest BCUT2D eigenvalue weighted by Gasteiger charge is 2.20. The van der Waals surface area contributed by atoms with Gasteiger partial charge in [-0.1, -0.05) is 0 Å². The Morgan fingerprint density at radius 3 is 3.00 bits per heavy atom. The van der Waals surface area contributed by atoms with E-state index >= 15 is 0 Å². The predicted molar refractivity (Wildman–Crippen MR) is 64.6 cm³/mol. The summed E-state index contributed by atoms with van der Waals surface area (Å²) in [5.41, 5.74) is 0. The Bertz CT molecular complexity index is 335. The van der Waals surface area contributed by atoms with Crippen molar-refractivity contribution in [2.45, 2.75) is 39.0 Å². The highest BCUT2D eigenvalue weighted by Crippen LogP contribution is 2.17. The molecule has 1 aliphatic rings. The summed E-state index contributed by atoms with van der Waals surface area (Å²) in [6.07, 6.45) is 2.70. The van der Waals surface area contributed by atoms with Gasteiger partial charge in [0.05, 0.1) is 12.6 Å². The zero-order valence-electron chi connectivity index (χ0n) is 10.4. The first kappa shape index (κ1) is 12.6. The molecule has 4 heteroatoms. The van der Waals surface area contributed by atoms with Crippen LogP contribution in [0.15, 0.2) is 16.5 Å². The summed E-state index contributed by atoms with van der Waals surface area (Å²) < 4.78 is 11.2. The van der Waals surface area contributed by atoms with Crippen molar-refractivity contribution in [1.82, 2.24) is 4.90 Å². The van der Waals surface area contributed by atoms with E-state index in [0.717, 1.165) is 38.4 Å². The summed E-state index contributed by atoms with van der Waals surface area (Å²) in [6, 6.07) is 3.77. The number of hydrogen-bond acceptors (Lipinski definition) is 4. The second-order valence-electron chi connectivity index (χ2n) is 4.48. The Labute approximate surface area is 102 Å². The summed E-state index contributed by atoms with van der Waals surface area (Å²) in [5, 5.41) is 8.94. The number of likely N-dealkylation sites (tertiary alicyclic amines) is 1. The summed E-state index contributed by atoms with van der Waals surface area (Å²) in [7, 11) is 0. The molecule has 1 fully saturated rings. The summed E-state index contributed by atoms with van der Waals surface area (Å²) in [5.74, 6) is 1.56. The lowest BCUT2D eigenvalue weighted by Gasteiger charge is -2.31. The molecule has 0 bridgehead atoms. The molecule has 0 spiro atoms. The normalized spacial score (nSPS) is 21.9. The van der Waals surface area contributed by atoms with Gasteiger partial charge in [0.15, 0.2) is 0 Å². The van der Waals surface area contributed by atoms with Crippen LogP contribution >= 0.6 is 0 Å². The minimum absolute atomic E-state index is 0.0262. The molecule has 96 valence electrons. The van der Waals surface area contributed by atoms with Gasteiger partial charge in [-0.2, -0.15) is 0 Å². The Morgan fingerprint density at radius 1 is 1.47 bits per heavy atom. The van der Waals surface area contributed by atoms with Crippen LogP contribution in [0.25, 0.3) is 0 Å². The lowest BCUT2D eigenvalue weighted by atomic mass is 10.1. The van der Waals surface area contributed by atoms with Crippen molar-refractivity contribution < 1.29 is 14.3 Å². The standard InChI is InChI=1S/C13H21NO3/c1-2-16-11-4-3-7-14(8-11)9-12-5-6-13(10-15)17-12/h5-6,11,15H,2-4,7-10H2,1H3. The van der Waals surface area contributed by atoms with Gasteiger partial charge in [-0.15, -0.1) is 0 Å². The van der Waals surface area contributed by atoms with E-state index in [1.807, 2.05) is 19.1 Å². The lowest BCUT2D eigenvalue weighted by molar-refractivity contribution is 0.00184. The van der Waals surface area contributed by atoms with Crippen molar-refractivity contribution in [3.8, 4) is 0 Å². The van der Waals surface area contributed by atoms with E-state index in [4.69, 9.17) is 14.3 Å². The maximum Gasteiger partial charge on any atom is 0.129 e. The van der Waals surface area contributed by atoms with Gasteiger partial charge < -0.3 is 14.3 Å². The van der Waals surface area contributed by atoms with Gasteiger partial charge >= 0.3 is 0 Å². The van der Waals surface area contributed by atoms with Crippen molar-refractivity contribution in [1.29, 1.82) is 0 Å². The highest BCUT2D eigenvalue weighted by atomic mass is 16.5. The van der Waals surface area contributed by atoms with Crippen LogP contribution in [-0.2, 0) is 17.9 Å². The predicted octanol–water partition coefficient (Wildman–Crippen LogP) is 1.77. The van der Waals surface area contributed by atoms with Gasteiger partial charge in [0, 0.05) is 13.2 Å². The summed E-state index contributed by atoms with van der Waals surface area (Å²) >= 11 is 0. The minimum Gasteiger partial charge on any atom is -0.462 e. The van der Waals surface area contributed by atoms with Crippen molar-refractivity contribution in [3.63, 3.8) is 0 Å². The van der Waals surface area contributed by atoms with Gasteiger partial charge in [0.25, 0.3) is 0 Å². The van der Waals surface area contributed by atoms with Gasteiger partial charge in [-0.05, 0) is 38.4 Å². The van der Waals surface area contributed by atoms with E-state index in [9.17, 15) is 0 Å². The summed E-state index contributed by atoms with van der Waals surface area (Å²) in [4.78, 5) is 2.35. The fraction of sp³-hybridized carbons (Fsp3) is 0.692. The third-order valence-corrected chi connectivity index (χ3v) is 3.12. The first-order valence-electron chi connectivity index (χ1n) is 6.34. The lowest BCUT2D eigenvalue weighted by Crippen LogP contribution is -2.39. The van der Waals surface area contributed by atoms with Gasteiger partial charge in [-0.3, -0.25) is 4.90 Å². The zero-order valence-corrected chi connectivity index (χ0v) is 10.4. The van der Waals surface area contributed by atoms with Gasteiger partial charge in [0.1, 0.15) is 18.1 Å². The first-order valence-corrected chi connectivity index (χ1v) is 6.34. The van der Waals surface area contributed by atoms with Crippen LogP contribution in [0, 0.1) is 0 Å². The third kappa shape index (κ3) is 3.56. The minimum atomic E-state index is -0.0262. The number of rotatable bonds is 5. The average molecular weight is 239 g/mol. The molecule has 1 aromatic rings. The second kappa shape index (κ2) is 6.19. The number of aliphatic hydroxyl groups is 1. The fourth-order valence-corrected chi connectivity index (χ4v) is 2.34. The number of furan rings is 1. The van der Waals surface area contributed by atoms with Crippen LogP contribution in [0.2, 0.25) is 0 Å². The third-order valence-electron chi connectivity index (χ3n) is 3.12. The number of hydrogen-bond donors (Lipinski definition) is 1. The molecule has 2 heterocycles. The molecule has 0 amide bonds. The van der Waals surface area contributed by atoms with E-state index in [1.54, 1.807) is 0 Å². The highest BCUT2D eigenvalue weighted by molar-refractivity contribution is 5.06. The number of ether oxygens (including phenoxy) is 1. The Morgan fingerprint density at radius 2 is 2.29 bits per heavy atom. The van der Waals surface area contributed by atoms with Crippen molar-refractivity contribution in [3.05, 3.63) is 23.7 Å². The number of aliphatic hydroxyl groups excluding tert-OH is 1. The van der Waals surface area contributed by atoms with Crippen LogP contribution in [-0.4, -0.2) is 35.8 Å². The molecule has 0 radical (unpaired) electrons. The molecule has 2 rings (SSSR count). The van der Waals surface area contributed by atoms with E-state index in [0.29, 0.717) is 11.9 Å². The van der Waals surface area contributed by atoms with Crippen molar-refractivity contribution in [2.75, 3.05) is 19.7 Å². The molecule has 0 saturated carbocycles. The molecule has 0 aliphatic carbocycles. The fourth-order valence-electron chi connectivity index (χ4n) is 2.34. The molecule has 1 atom stereocenters. The monoisotopic (exact) mass is 239 g/mol. The van der Waals surface area contributed by atoms with E-state index in [-0.39, 0.29) is 6.61 Å². The molecule has 1 saturated heterocycles. The topological polar surface area (TPSA) is 45.8 Å². The van der Waals surface area contributed by atoms with Crippen LogP contribution in [0.5, 0.6) is 0 Å². The Hall–Kier alpha value is -0.840. The van der Waals surface area contributed by atoms with Gasteiger partial charge in [-0.25, -0.2) is 0 Å². The van der Waals surface area contributed by atoms with Crippen LogP contribution in [0.4, 0.5) is 0 Å². The van der Waals surface area contributed by atoms with E-state index < -0.39 is 0 Å². The zero-order chi connectivity index (χ0) is 12.1. The Balaban J connectivity index is 1.85. The van der Waals surface area contributed by atoms with E-state index in [1.165, 1.54) is 6.42 Å². The molecule has 1 aliphatic heterocycles. The quantitative estimate of drug-likeness (QED) is 0.850. The van der Waals surface area contributed by atoms with E-state index in [2.05, 4.69) is 4.90 Å². The number of piperidine rings is 1. The van der Waals surface area contributed by atoms with Gasteiger partial charge in [0.2, 0.25) is 0 Å². The molecule has 1 aromatic heterocycles. The molecule has 4 nitrogen and oxygen atoms in total. The summed E-state index contributed by atoms with van der Waals surface area (Å²) in [6.45, 7) is 5.68.